The fourth-order valence-corrected chi connectivity index (χ4v) is 2.82. The Bertz CT molecular complexity index is 471. The van der Waals surface area contributed by atoms with Gasteiger partial charge in [0.05, 0.1) is 5.69 Å². The van der Waals surface area contributed by atoms with Gasteiger partial charge in [-0.15, -0.1) is 0 Å². The minimum absolute atomic E-state index is 0.134. The van der Waals surface area contributed by atoms with Crippen molar-refractivity contribution in [2.75, 3.05) is 11.9 Å². The lowest BCUT2D eigenvalue weighted by Gasteiger charge is -2.39. The van der Waals surface area contributed by atoms with Gasteiger partial charge >= 0.3 is 6.18 Å². The molecule has 0 spiro atoms. The average molecular weight is 301 g/mol. The third-order valence-electron chi connectivity index (χ3n) is 4.12. The first-order valence-corrected chi connectivity index (χ1v) is 7.33. The number of halogens is 3. The van der Waals surface area contributed by atoms with Crippen LogP contribution in [0, 0.1) is 5.41 Å². The molecule has 0 bridgehead atoms. The van der Waals surface area contributed by atoms with Crippen LogP contribution in [0.2, 0.25) is 0 Å². The monoisotopic (exact) mass is 301 g/mol. The highest BCUT2D eigenvalue weighted by molar-refractivity contribution is 5.57. The number of anilines is 1. The normalized spacial score (nSPS) is 21.9. The summed E-state index contributed by atoms with van der Waals surface area (Å²) in [6.07, 6.45) is 0.179. The van der Waals surface area contributed by atoms with Crippen LogP contribution in [0.25, 0.3) is 0 Å². The molecule has 0 amide bonds. The minimum atomic E-state index is -4.32. The molecule has 2 rings (SSSR count). The maximum Gasteiger partial charge on any atom is 0.422 e. The summed E-state index contributed by atoms with van der Waals surface area (Å²) in [6, 6.07) is 7.09. The zero-order valence-electron chi connectivity index (χ0n) is 12.5. The second-order valence-electron chi connectivity index (χ2n) is 6.33. The summed E-state index contributed by atoms with van der Waals surface area (Å²) in [4.78, 5) is 0. The molecule has 1 unspecified atom stereocenters. The summed E-state index contributed by atoms with van der Waals surface area (Å²) in [7, 11) is 0. The molecule has 1 atom stereocenters. The Morgan fingerprint density at radius 1 is 1.24 bits per heavy atom. The average Bonchev–Trinajstić information content (AvgIpc) is 2.39. The van der Waals surface area contributed by atoms with E-state index in [-0.39, 0.29) is 17.2 Å². The van der Waals surface area contributed by atoms with Crippen LogP contribution in [0.15, 0.2) is 24.3 Å². The molecular weight excluding hydrogens is 279 g/mol. The van der Waals surface area contributed by atoms with Crippen LogP contribution in [0.3, 0.4) is 0 Å². The van der Waals surface area contributed by atoms with Gasteiger partial charge in [-0.3, -0.25) is 0 Å². The van der Waals surface area contributed by atoms with Gasteiger partial charge in [0.25, 0.3) is 0 Å². The molecule has 0 aromatic heterocycles. The van der Waals surface area contributed by atoms with Gasteiger partial charge in [-0.1, -0.05) is 38.8 Å². The second-order valence-corrected chi connectivity index (χ2v) is 6.33. The second kappa shape index (κ2) is 6.16. The quantitative estimate of drug-likeness (QED) is 0.844. The molecule has 0 aliphatic heterocycles. The van der Waals surface area contributed by atoms with Crippen LogP contribution in [-0.4, -0.2) is 18.8 Å². The van der Waals surface area contributed by atoms with E-state index in [1.54, 1.807) is 24.3 Å². The molecule has 0 radical (unpaired) electrons. The van der Waals surface area contributed by atoms with Gasteiger partial charge < -0.3 is 10.1 Å². The van der Waals surface area contributed by atoms with E-state index in [0.717, 1.165) is 19.3 Å². The van der Waals surface area contributed by atoms with E-state index < -0.39 is 12.8 Å². The van der Waals surface area contributed by atoms with E-state index in [2.05, 4.69) is 19.2 Å². The van der Waals surface area contributed by atoms with Crippen LogP contribution in [0.5, 0.6) is 5.75 Å². The summed E-state index contributed by atoms with van der Waals surface area (Å²) in [5.74, 6) is 0.260. The zero-order valence-corrected chi connectivity index (χ0v) is 12.5. The van der Waals surface area contributed by atoms with Crippen molar-refractivity contribution in [3.8, 4) is 5.75 Å². The van der Waals surface area contributed by atoms with E-state index in [1.807, 2.05) is 0 Å². The highest BCUT2D eigenvalue weighted by atomic mass is 19.4. The van der Waals surface area contributed by atoms with Crippen molar-refractivity contribution in [2.24, 2.45) is 5.41 Å². The van der Waals surface area contributed by atoms with Crippen molar-refractivity contribution in [3.63, 3.8) is 0 Å². The van der Waals surface area contributed by atoms with Crippen molar-refractivity contribution in [3.05, 3.63) is 24.3 Å². The van der Waals surface area contributed by atoms with Crippen LogP contribution < -0.4 is 10.1 Å². The molecule has 1 aliphatic carbocycles. The molecule has 0 heterocycles. The van der Waals surface area contributed by atoms with Crippen LogP contribution in [-0.2, 0) is 0 Å². The molecule has 0 saturated heterocycles. The first kappa shape index (κ1) is 16.0. The number of ether oxygens (including phenoxy) is 1. The van der Waals surface area contributed by atoms with E-state index in [9.17, 15) is 13.2 Å². The molecule has 1 saturated carbocycles. The minimum Gasteiger partial charge on any atom is -0.482 e. The number of rotatable bonds is 4. The smallest absolute Gasteiger partial charge is 0.422 e. The number of benzene rings is 1. The molecule has 1 aromatic rings. The Balaban J connectivity index is 2.09. The van der Waals surface area contributed by atoms with Gasteiger partial charge in [0.15, 0.2) is 6.61 Å². The lowest BCUT2D eigenvalue weighted by Crippen LogP contribution is -2.39. The molecule has 5 heteroatoms. The van der Waals surface area contributed by atoms with Gasteiger partial charge in [0.1, 0.15) is 5.75 Å². The maximum atomic E-state index is 12.3. The molecule has 1 fully saturated rings. The van der Waals surface area contributed by atoms with E-state index in [0.29, 0.717) is 5.69 Å². The fraction of sp³-hybridized carbons (Fsp3) is 0.625. The third kappa shape index (κ3) is 4.55. The van der Waals surface area contributed by atoms with Crippen LogP contribution in [0.4, 0.5) is 18.9 Å². The Hall–Kier alpha value is -1.39. The Morgan fingerprint density at radius 3 is 2.62 bits per heavy atom. The highest BCUT2D eigenvalue weighted by Crippen LogP contribution is 2.38. The number of para-hydroxylation sites is 2. The molecule has 1 aromatic carbocycles. The Morgan fingerprint density at radius 2 is 1.95 bits per heavy atom. The van der Waals surface area contributed by atoms with Gasteiger partial charge in [-0.25, -0.2) is 0 Å². The summed E-state index contributed by atoms with van der Waals surface area (Å²) < 4.78 is 41.9. The predicted octanol–water partition coefficient (Wildman–Crippen LogP) is 5.01. The van der Waals surface area contributed by atoms with E-state index >= 15 is 0 Å². The Kier molecular flexibility index (Phi) is 4.69. The molecule has 1 aliphatic rings. The van der Waals surface area contributed by atoms with Crippen molar-refractivity contribution >= 4 is 5.69 Å². The van der Waals surface area contributed by atoms with E-state index in [1.165, 1.54) is 6.42 Å². The topological polar surface area (TPSA) is 21.3 Å². The van der Waals surface area contributed by atoms with Crippen molar-refractivity contribution in [1.29, 1.82) is 0 Å². The Labute approximate surface area is 123 Å². The lowest BCUT2D eigenvalue weighted by atomic mass is 9.73. The summed E-state index contributed by atoms with van der Waals surface area (Å²) in [6.45, 7) is 3.13. The number of nitrogens with one attached hydrogen (secondary N) is 1. The van der Waals surface area contributed by atoms with Crippen LogP contribution in [0.1, 0.15) is 39.5 Å². The number of alkyl halides is 3. The number of hydrogen-bond acceptors (Lipinski definition) is 2. The van der Waals surface area contributed by atoms with E-state index in [4.69, 9.17) is 4.74 Å². The van der Waals surface area contributed by atoms with Crippen molar-refractivity contribution in [2.45, 2.75) is 51.7 Å². The summed E-state index contributed by atoms with van der Waals surface area (Å²) in [5.41, 5.74) is 0.775. The first-order valence-electron chi connectivity index (χ1n) is 7.33. The molecular formula is C16H22F3NO. The maximum absolute atomic E-state index is 12.3. The van der Waals surface area contributed by atoms with Gasteiger partial charge in [0, 0.05) is 6.04 Å². The summed E-state index contributed by atoms with van der Waals surface area (Å²) >= 11 is 0. The van der Waals surface area contributed by atoms with Crippen LogP contribution >= 0.6 is 0 Å². The molecule has 21 heavy (non-hydrogen) atoms. The van der Waals surface area contributed by atoms with Gasteiger partial charge in [-0.05, 0) is 30.4 Å². The lowest BCUT2D eigenvalue weighted by molar-refractivity contribution is -0.153. The molecule has 2 nitrogen and oxygen atoms in total. The van der Waals surface area contributed by atoms with Crippen molar-refractivity contribution < 1.29 is 17.9 Å². The molecule has 1 N–H and O–H groups in total. The molecule has 118 valence electrons. The first-order chi connectivity index (χ1) is 9.78. The van der Waals surface area contributed by atoms with Gasteiger partial charge in [-0.2, -0.15) is 13.2 Å². The standard InChI is InChI=1S/C16H22F3NO/c1-15(2)10-6-5-9-14(15)20-12-7-3-4-8-13(12)21-11-16(17,18)19/h3-4,7-8,14,20H,5-6,9-11H2,1-2H3. The summed E-state index contributed by atoms with van der Waals surface area (Å²) in [5, 5.41) is 3.38. The largest absolute Gasteiger partial charge is 0.482 e. The zero-order chi connectivity index (χ0) is 15.5. The van der Waals surface area contributed by atoms with Gasteiger partial charge in [0.2, 0.25) is 0 Å². The third-order valence-corrected chi connectivity index (χ3v) is 4.12. The highest BCUT2D eigenvalue weighted by Gasteiger charge is 2.33. The SMILES string of the molecule is CC1(C)CCCCC1Nc1ccccc1OCC(F)(F)F. The fourth-order valence-electron chi connectivity index (χ4n) is 2.82. The van der Waals surface area contributed by atoms with Crippen molar-refractivity contribution in [1.82, 2.24) is 0 Å². The predicted molar refractivity (Wildman–Crippen MR) is 77.7 cm³/mol. The number of hydrogen-bond donors (Lipinski definition) is 1.